The summed E-state index contributed by atoms with van der Waals surface area (Å²) >= 11 is 0. The molecule has 0 aromatic rings. The number of carbonyl (C=O) groups is 3. The van der Waals surface area contributed by atoms with Crippen molar-refractivity contribution in [1.82, 2.24) is 15.5 Å². The van der Waals surface area contributed by atoms with Crippen LogP contribution in [0.1, 0.15) is 47.5 Å². The molecule has 8 nitrogen and oxygen atoms in total. The highest BCUT2D eigenvalue weighted by Gasteiger charge is 2.69. The average Bonchev–Trinajstić information content (AvgIpc) is 3.05. The summed E-state index contributed by atoms with van der Waals surface area (Å²) in [6, 6.07) is -2.32. The van der Waals surface area contributed by atoms with Crippen LogP contribution in [0.25, 0.3) is 0 Å². The maximum atomic E-state index is 13.4. The molecule has 3 amide bonds. The van der Waals surface area contributed by atoms with E-state index >= 15 is 0 Å². The van der Waals surface area contributed by atoms with Crippen LogP contribution in [0.3, 0.4) is 0 Å². The number of nitrogens with one attached hydrogen (secondary N) is 2. The van der Waals surface area contributed by atoms with E-state index < -0.39 is 41.5 Å². The van der Waals surface area contributed by atoms with Crippen LogP contribution in [0.5, 0.6) is 0 Å². The van der Waals surface area contributed by atoms with Crippen LogP contribution >= 0.6 is 0 Å². The highest BCUT2D eigenvalue weighted by molar-refractivity contribution is 5.92. The van der Waals surface area contributed by atoms with E-state index in [9.17, 15) is 19.5 Å². The van der Waals surface area contributed by atoms with Crippen molar-refractivity contribution in [3.05, 3.63) is 12.7 Å². The van der Waals surface area contributed by atoms with E-state index in [2.05, 4.69) is 37.0 Å². The Hall–Kier alpha value is -2.37. The number of piperidine rings is 1. The molecule has 2 fully saturated rings. The standard InChI is InChI=1S/C24H38N4O4/c1-8-10-11-15(18(29)21(31)26-12-9-2)27-20(30)17-16-14(24(16,6)7)13-28(17)22(32)19(25)23(3,4)5/h1,9,14-19,29H,2,10-13,25H2,3-7H3,(H,26,31)(H,27,30)/t14?,15-,16-,17-,18?,19+/m0/s1. The Morgan fingerprint density at radius 2 is 2.00 bits per heavy atom. The van der Waals surface area contributed by atoms with Gasteiger partial charge in [0.1, 0.15) is 6.04 Å². The summed E-state index contributed by atoms with van der Waals surface area (Å²) in [7, 11) is 0. The second kappa shape index (κ2) is 9.63. The minimum atomic E-state index is -1.47. The quantitative estimate of drug-likeness (QED) is 0.302. The zero-order valence-corrected chi connectivity index (χ0v) is 19.9. The second-order valence-electron chi connectivity index (χ2n) is 10.6. The number of nitrogens with zero attached hydrogens (tertiary/aromatic N) is 1. The van der Waals surface area contributed by atoms with Crippen molar-refractivity contribution in [2.24, 2.45) is 28.4 Å². The molecular weight excluding hydrogens is 408 g/mol. The normalized spacial score (nSPS) is 26.2. The summed E-state index contributed by atoms with van der Waals surface area (Å²) in [5, 5.41) is 15.9. The molecule has 1 aliphatic carbocycles. The third-order valence-electron chi connectivity index (χ3n) is 6.96. The van der Waals surface area contributed by atoms with Crippen LogP contribution in [0.2, 0.25) is 0 Å². The Bertz CT molecular complexity index is 795. The molecular formula is C24H38N4O4. The molecule has 0 bridgehead atoms. The summed E-state index contributed by atoms with van der Waals surface area (Å²) < 4.78 is 0. The van der Waals surface area contributed by atoms with Crippen molar-refractivity contribution < 1.29 is 19.5 Å². The smallest absolute Gasteiger partial charge is 0.251 e. The number of hydrogen-bond acceptors (Lipinski definition) is 5. The number of aliphatic hydroxyl groups is 1. The number of rotatable bonds is 9. The van der Waals surface area contributed by atoms with E-state index in [1.165, 1.54) is 6.08 Å². The first-order valence-corrected chi connectivity index (χ1v) is 11.2. The zero-order valence-electron chi connectivity index (χ0n) is 19.9. The largest absolute Gasteiger partial charge is 0.381 e. The fourth-order valence-corrected chi connectivity index (χ4v) is 4.64. The molecule has 32 heavy (non-hydrogen) atoms. The van der Waals surface area contributed by atoms with Gasteiger partial charge in [0, 0.05) is 19.5 Å². The molecule has 8 heteroatoms. The first kappa shape index (κ1) is 25.9. The van der Waals surface area contributed by atoms with Crippen molar-refractivity contribution in [3.63, 3.8) is 0 Å². The number of aliphatic hydroxyl groups excluding tert-OH is 1. The Balaban J connectivity index is 2.23. The molecule has 1 heterocycles. The Morgan fingerprint density at radius 1 is 1.38 bits per heavy atom. The van der Waals surface area contributed by atoms with E-state index in [1.807, 2.05) is 20.8 Å². The topological polar surface area (TPSA) is 125 Å². The lowest BCUT2D eigenvalue weighted by atomic mass is 9.86. The Labute approximate surface area is 191 Å². The highest BCUT2D eigenvalue weighted by Crippen LogP contribution is 2.65. The maximum Gasteiger partial charge on any atom is 0.251 e. The predicted molar refractivity (Wildman–Crippen MR) is 123 cm³/mol. The van der Waals surface area contributed by atoms with E-state index in [0.29, 0.717) is 6.54 Å². The van der Waals surface area contributed by atoms with Crippen molar-refractivity contribution in [3.8, 4) is 12.3 Å². The number of fused-ring (bicyclic) bond motifs is 1. The minimum absolute atomic E-state index is 0.00126. The lowest BCUT2D eigenvalue weighted by Crippen LogP contribution is -2.59. The SMILES string of the molecule is C#CCC[C@H](NC(=O)[C@@H]1[C@@H]2C(CN1C(=O)[C@@H](N)C(C)(C)C)C2(C)C)C(O)C(=O)NCC=C. The predicted octanol–water partition coefficient (Wildman–Crippen LogP) is 0.404. The molecule has 0 aromatic carbocycles. The van der Waals surface area contributed by atoms with Gasteiger partial charge in [-0.1, -0.05) is 40.7 Å². The lowest BCUT2D eigenvalue weighted by Gasteiger charge is -2.36. The van der Waals surface area contributed by atoms with Gasteiger partial charge in [-0.25, -0.2) is 0 Å². The number of terminal acetylenes is 1. The highest BCUT2D eigenvalue weighted by atomic mass is 16.3. The van der Waals surface area contributed by atoms with Crippen LogP contribution in [0.4, 0.5) is 0 Å². The van der Waals surface area contributed by atoms with Gasteiger partial charge in [0.25, 0.3) is 5.91 Å². The fraction of sp³-hybridized carbons (Fsp3) is 0.708. The van der Waals surface area contributed by atoms with Gasteiger partial charge in [-0.05, 0) is 29.1 Å². The Morgan fingerprint density at radius 3 is 2.53 bits per heavy atom. The van der Waals surface area contributed by atoms with Gasteiger partial charge < -0.3 is 26.4 Å². The van der Waals surface area contributed by atoms with Crippen LogP contribution in [0, 0.1) is 35.0 Å². The van der Waals surface area contributed by atoms with Gasteiger partial charge >= 0.3 is 0 Å². The summed E-state index contributed by atoms with van der Waals surface area (Å²) in [4.78, 5) is 40.4. The maximum absolute atomic E-state index is 13.4. The number of carbonyl (C=O) groups excluding carboxylic acids is 3. The van der Waals surface area contributed by atoms with Crippen molar-refractivity contribution >= 4 is 17.7 Å². The molecule has 2 aliphatic rings. The molecule has 1 saturated carbocycles. The molecule has 5 N–H and O–H groups in total. The first-order chi connectivity index (χ1) is 14.8. The number of likely N-dealkylation sites (tertiary alicyclic amines) is 1. The molecule has 0 aromatic heterocycles. The van der Waals surface area contributed by atoms with Gasteiger partial charge in [0.05, 0.1) is 12.1 Å². The lowest BCUT2D eigenvalue weighted by molar-refractivity contribution is -0.144. The second-order valence-corrected chi connectivity index (χ2v) is 10.6. The van der Waals surface area contributed by atoms with Crippen LogP contribution in [-0.2, 0) is 14.4 Å². The third-order valence-corrected chi connectivity index (χ3v) is 6.96. The van der Waals surface area contributed by atoms with E-state index in [4.69, 9.17) is 12.2 Å². The van der Waals surface area contributed by atoms with Gasteiger partial charge in [0.15, 0.2) is 6.10 Å². The van der Waals surface area contributed by atoms with E-state index in [-0.39, 0.29) is 42.5 Å². The number of nitrogens with two attached hydrogens (primary N) is 1. The van der Waals surface area contributed by atoms with Gasteiger partial charge in [-0.3, -0.25) is 14.4 Å². The zero-order chi connectivity index (χ0) is 24.4. The minimum Gasteiger partial charge on any atom is -0.381 e. The van der Waals surface area contributed by atoms with Gasteiger partial charge in [-0.15, -0.1) is 18.9 Å². The molecule has 0 radical (unpaired) electrons. The molecule has 6 atom stereocenters. The molecule has 2 rings (SSSR count). The average molecular weight is 447 g/mol. The number of amides is 3. The molecule has 0 spiro atoms. The molecule has 178 valence electrons. The molecule has 1 saturated heterocycles. The van der Waals surface area contributed by atoms with Crippen molar-refractivity contribution in [1.29, 1.82) is 0 Å². The first-order valence-electron chi connectivity index (χ1n) is 11.2. The van der Waals surface area contributed by atoms with Crippen LogP contribution < -0.4 is 16.4 Å². The van der Waals surface area contributed by atoms with E-state index in [0.717, 1.165) is 0 Å². The number of hydrogen-bond donors (Lipinski definition) is 4. The molecule has 2 unspecified atom stereocenters. The van der Waals surface area contributed by atoms with Gasteiger partial charge in [0.2, 0.25) is 11.8 Å². The summed E-state index contributed by atoms with van der Waals surface area (Å²) in [5.74, 6) is 1.41. The van der Waals surface area contributed by atoms with Crippen molar-refractivity contribution in [2.75, 3.05) is 13.1 Å². The van der Waals surface area contributed by atoms with Gasteiger partial charge in [-0.2, -0.15) is 0 Å². The summed E-state index contributed by atoms with van der Waals surface area (Å²) in [5.41, 5.74) is 5.70. The fourth-order valence-electron chi connectivity index (χ4n) is 4.64. The molecule has 1 aliphatic heterocycles. The summed E-state index contributed by atoms with van der Waals surface area (Å²) in [6.07, 6.45) is 5.88. The van der Waals surface area contributed by atoms with Crippen LogP contribution in [-0.4, -0.2) is 65.0 Å². The van der Waals surface area contributed by atoms with E-state index in [1.54, 1.807) is 4.90 Å². The van der Waals surface area contributed by atoms with Crippen LogP contribution in [0.15, 0.2) is 12.7 Å². The Kier molecular flexibility index (Phi) is 7.79. The monoisotopic (exact) mass is 446 g/mol. The summed E-state index contributed by atoms with van der Waals surface area (Å²) in [6.45, 7) is 14.0. The van der Waals surface area contributed by atoms with Crippen molar-refractivity contribution in [2.45, 2.75) is 71.7 Å². The third kappa shape index (κ3) is 5.16.